The number of piperazine rings is 1. The minimum Gasteiger partial charge on any atom is -0.345 e. The van der Waals surface area contributed by atoms with Crippen LogP contribution in [0.3, 0.4) is 0 Å². The SMILES string of the molecule is CCc1c(C)nc(-c2ccc(C(F)(F)F)cc2)nc1N1CC[NH2+]CC1. The Morgan fingerprint density at radius 2 is 1.72 bits per heavy atom. The molecular formula is C18H22F3N4+. The Morgan fingerprint density at radius 1 is 1.08 bits per heavy atom. The lowest BCUT2D eigenvalue weighted by Gasteiger charge is -2.28. The number of rotatable bonds is 3. The number of nitrogens with two attached hydrogens (primary N) is 1. The maximum atomic E-state index is 12.8. The molecule has 3 rings (SSSR count). The fourth-order valence-corrected chi connectivity index (χ4v) is 3.16. The van der Waals surface area contributed by atoms with Crippen molar-refractivity contribution in [3.8, 4) is 11.4 Å². The smallest absolute Gasteiger partial charge is 0.345 e. The van der Waals surface area contributed by atoms with Gasteiger partial charge in [-0.25, -0.2) is 9.97 Å². The third-order valence-corrected chi connectivity index (χ3v) is 4.52. The van der Waals surface area contributed by atoms with Crippen molar-refractivity contribution in [2.45, 2.75) is 26.4 Å². The van der Waals surface area contributed by atoms with Crippen molar-refractivity contribution < 1.29 is 18.5 Å². The Morgan fingerprint density at radius 3 is 2.28 bits per heavy atom. The van der Waals surface area contributed by atoms with E-state index in [2.05, 4.69) is 22.1 Å². The normalized spacial score (nSPS) is 15.5. The van der Waals surface area contributed by atoms with Crippen molar-refractivity contribution in [2.75, 3.05) is 31.1 Å². The van der Waals surface area contributed by atoms with Gasteiger partial charge in [-0.1, -0.05) is 19.1 Å². The van der Waals surface area contributed by atoms with E-state index in [1.54, 1.807) is 0 Å². The van der Waals surface area contributed by atoms with Crippen LogP contribution in [-0.2, 0) is 12.6 Å². The number of hydrogen-bond donors (Lipinski definition) is 1. The van der Waals surface area contributed by atoms with Gasteiger partial charge in [0.15, 0.2) is 5.82 Å². The van der Waals surface area contributed by atoms with E-state index in [1.165, 1.54) is 12.1 Å². The quantitative estimate of drug-likeness (QED) is 0.924. The first-order chi connectivity index (χ1) is 11.9. The predicted octanol–water partition coefficient (Wildman–Crippen LogP) is 2.42. The Hall–Kier alpha value is -2.15. The van der Waals surface area contributed by atoms with Crippen molar-refractivity contribution in [1.82, 2.24) is 9.97 Å². The van der Waals surface area contributed by atoms with Crippen LogP contribution in [0.15, 0.2) is 24.3 Å². The zero-order valence-electron chi connectivity index (χ0n) is 14.4. The Balaban J connectivity index is 2.00. The van der Waals surface area contributed by atoms with Gasteiger partial charge in [-0.2, -0.15) is 13.2 Å². The molecule has 2 N–H and O–H groups in total. The molecule has 0 amide bonds. The van der Waals surface area contributed by atoms with Crippen LogP contribution in [0.25, 0.3) is 11.4 Å². The van der Waals surface area contributed by atoms with Gasteiger partial charge in [0, 0.05) is 16.8 Å². The molecule has 134 valence electrons. The van der Waals surface area contributed by atoms with Crippen molar-refractivity contribution in [3.63, 3.8) is 0 Å². The van der Waals surface area contributed by atoms with Crippen molar-refractivity contribution in [3.05, 3.63) is 41.1 Å². The number of hydrogen-bond acceptors (Lipinski definition) is 3. The highest BCUT2D eigenvalue weighted by molar-refractivity contribution is 5.61. The van der Waals surface area contributed by atoms with E-state index in [0.29, 0.717) is 11.4 Å². The lowest BCUT2D eigenvalue weighted by Crippen LogP contribution is -2.89. The summed E-state index contributed by atoms with van der Waals surface area (Å²) in [5.74, 6) is 1.39. The molecular weight excluding hydrogens is 329 g/mol. The van der Waals surface area contributed by atoms with E-state index in [-0.39, 0.29) is 0 Å². The number of quaternary nitrogens is 1. The molecule has 0 saturated carbocycles. The van der Waals surface area contributed by atoms with Crippen LogP contribution in [-0.4, -0.2) is 36.1 Å². The summed E-state index contributed by atoms with van der Waals surface area (Å²) in [5.41, 5.74) is 1.93. The Labute approximate surface area is 145 Å². The van der Waals surface area contributed by atoms with Crippen LogP contribution < -0.4 is 10.2 Å². The maximum Gasteiger partial charge on any atom is 0.416 e. The van der Waals surface area contributed by atoms with E-state index in [9.17, 15) is 13.2 Å². The van der Waals surface area contributed by atoms with Crippen LogP contribution >= 0.6 is 0 Å². The number of aromatic nitrogens is 2. The summed E-state index contributed by atoms with van der Waals surface area (Å²) in [6.45, 7) is 7.87. The largest absolute Gasteiger partial charge is 0.416 e. The summed E-state index contributed by atoms with van der Waals surface area (Å²) in [6, 6.07) is 5.04. The number of halogens is 3. The average molecular weight is 351 g/mol. The average Bonchev–Trinajstić information content (AvgIpc) is 2.61. The molecule has 2 aromatic rings. The van der Waals surface area contributed by atoms with Gasteiger partial charge in [-0.15, -0.1) is 0 Å². The van der Waals surface area contributed by atoms with Crippen LogP contribution in [0.5, 0.6) is 0 Å². The summed E-state index contributed by atoms with van der Waals surface area (Å²) >= 11 is 0. The molecule has 0 radical (unpaired) electrons. The second-order valence-corrected chi connectivity index (χ2v) is 6.22. The minimum absolute atomic E-state index is 0.480. The summed E-state index contributed by atoms with van der Waals surface area (Å²) in [4.78, 5) is 11.5. The Kier molecular flexibility index (Phi) is 4.94. The standard InChI is InChI=1S/C18H21F3N4/c1-3-15-12(2)23-16(24-17(15)25-10-8-22-9-11-25)13-4-6-14(7-5-13)18(19,20)21/h4-7,22H,3,8-11H2,1-2H3/p+1. The topological polar surface area (TPSA) is 45.6 Å². The lowest BCUT2D eigenvalue weighted by molar-refractivity contribution is -0.655. The molecule has 4 nitrogen and oxygen atoms in total. The first-order valence-corrected chi connectivity index (χ1v) is 8.52. The van der Waals surface area contributed by atoms with Gasteiger partial charge < -0.3 is 10.2 Å². The fourth-order valence-electron chi connectivity index (χ4n) is 3.16. The molecule has 0 aliphatic carbocycles. The predicted molar refractivity (Wildman–Crippen MR) is 90.5 cm³/mol. The highest BCUT2D eigenvalue weighted by Crippen LogP contribution is 2.31. The van der Waals surface area contributed by atoms with Crippen LogP contribution in [0.4, 0.5) is 19.0 Å². The zero-order chi connectivity index (χ0) is 18.0. The molecule has 1 aliphatic heterocycles. The lowest BCUT2D eigenvalue weighted by atomic mass is 10.1. The molecule has 0 spiro atoms. The molecule has 1 aliphatic rings. The number of nitrogens with zero attached hydrogens (tertiary/aromatic N) is 3. The molecule has 0 atom stereocenters. The molecule has 0 unspecified atom stereocenters. The second kappa shape index (κ2) is 7.00. The van der Waals surface area contributed by atoms with Gasteiger partial charge in [0.25, 0.3) is 0 Å². The second-order valence-electron chi connectivity index (χ2n) is 6.22. The van der Waals surface area contributed by atoms with Gasteiger partial charge in [-0.3, -0.25) is 0 Å². The number of anilines is 1. The van der Waals surface area contributed by atoms with E-state index < -0.39 is 11.7 Å². The van der Waals surface area contributed by atoms with Gasteiger partial charge in [-0.05, 0) is 25.5 Å². The highest BCUT2D eigenvalue weighted by Gasteiger charge is 2.30. The van der Waals surface area contributed by atoms with Gasteiger partial charge in [0.05, 0.1) is 31.7 Å². The number of benzene rings is 1. The molecule has 0 bridgehead atoms. The summed E-state index contributed by atoms with van der Waals surface area (Å²) in [5, 5.41) is 2.27. The third-order valence-electron chi connectivity index (χ3n) is 4.52. The van der Waals surface area contributed by atoms with E-state index in [1.807, 2.05) is 6.92 Å². The van der Waals surface area contributed by atoms with Crippen LogP contribution in [0.2, 0.25) is 0 Å². The first kappa shape index (κ1) is 17.7. The summed E-state index contributed by atoms with van der Waals surface area (Å²) < 4.78 is 38.3. The third kappa shape index (κ3) is 3.76. The molecule has 25 heavy (non-hydrogen) atoms. The van der Waals surface area contributed by atoms with Crippen molar-refractivity contribution >= 4 is 5.82 Å². The van der Waals surface area contributed by atoms with E-state index in [4.69, 9.17) is 4.98 Å². The highest BCUT2D eigenvalue weighted by atomic mass is 19.4. The first-order valence-electron chi connectivity index (χ1n) is 8.52. The Bertz CT molecular complexity index is 735. The summed E-state index contributed by atoms with van der Waals surface area (Å²) in [7, 11) is 0. The van der Waals surface area contributed by atoms with E-state index >= 15 is 0 Å². The van der Waals surface area contributed by atoms with Crippen LogP contribution in [0.1, 0.15) is 23.7 Å². The van der Waals surface area contributed by atoms with E-state index in [0.717, 1.165) is 61.8 Å². The minimum atomic E-state index is -4.34. The van der Waals surface area contributed by atoms with Gasteiger partial charge in [0.2, 0.25) is 0 Å². The monoisotopic (exact) mass is 351 g/mol. The molecule has 1 fully saturated rings. The number of alkyl halides is 3. The molecule has 2 heterocycles. The van der Waals surface area contributed by atoms with Crippen molar-refractivity contribution in [2.24, 2.45) is 0 Å². The molecule has 1 aromatic carbocycles. The van der Waals surface area contributed by atoms with Gasteiger partial charge in [0.1, 0.15) is 5.82 Å². The van der Waals surface area contributed by atoms with Gasteiger partial charge >= 0.3 is 6.18 Å². The molecule has 7 heteroatoms. The van der Waals surface area contributed by atoms with Crippen molar-refractivity contribution in [1.29, 1.82) is 0 Å². The molecule has 1 aromatic heterocycles. The fraction of sp³-hybridized carbons (Fsp3) is 0.444. The van der Waals surface area contributed by atoms with Crippen LogP contribution in [0, 0.1) is 6.92 Å². The zero-order valence-corrected chi connectivity index (χ0v) is 14.4. The maximum absolute atomic E-state index is 12.8. The summed E-state index contributed by atoms with van der Waals surface area (Å²) in [6.07, 6.45) is -3.51. The molecule has 1 saturated heterocycles. The number of aryl methyl sites for hydroxylation is 1.